The Morgan fingerprint density at radius 2 is 1.41 bits per heavy atom. The van der Waals surface area contributed by atoms with Crippen LogP contribution in [0.2, 0.25) is 0 Å². The molecular weight excluding hydrogens is 500 g/mol. The van der Waals surface area contributed by atoms with Gasteiger partial charge in [0.1, 0.15) is 18.5 Å². The Morgan fingerprint density at radius 3 is 2.00 bits per heavy atom. The fourth-order valence-electron chi connectivity index (χ4n) is 4.69. The predicted molar refractivity (Wildman–Crippen MR) is 142 cm³/mol. The fraction of sp³-hybridized carbons (Fsp3) is 0.133. The van der Waals surface area contributed by atoms with Gasteiger partial charge >= 0.3 is 12.1 Å². The molecular formula is C30H24N2O7. The van der Waals surface area contributed by atoms with Gasteiger partial charge in [-0.3, -0.25) is 10.1 Å². The van der Waals surface area contributed by atoms with Crippen LogP contribution >= 0.6 is 0 Å². The normalized spacial score (nSPS) is 13.5. The lowest BCUT2D eigenvalue weighted by Gasteiger charge is -2.23. The van der Waals surface area contributed by atoms with Crippen LogP contribution in [-0.4, -0.2) is 34.7 Å². The van der Waals surface area contributed by atoms with E-state index in [2.05, 4.69) is 5.32 Å². The van der Waals surface area contributed by atoms with Gasteiger partial charge in [-0.1, -0.05) is 66.7 Å². The van der Waals surface area contributed by atoms with Crippen molar-refractivity contribution < 1.29 is 29.1 Å². The summed E-state index contributed by atoms with van der Waals surface area (Å²) < 4.78 is 10.9. The Morgan fingerprint density at radius 1 is 0.846 bits per heavy atom. The van der Waals surface area contributed by atoms with Crippen LogP contribution < -0.4 is 10.1 Å². The van der Waals surface area contributed by atoms with Crippen molar-refractivity contribution in [3.63, 3.8) is 0 Å². The zero-order chi connectivity index (χ0) is 27.4. The van der Waals surface area contributed by atoms with Crippen LogP contribution in [0.1, 0.15) is 28.7 Å². The molecule has 0 saturated heterocycles. The molecule has 0 spiro atoms. The number of nitrogens with one attached hydrogen (secondary N) is 1. The number of hydrogen-bond donors (Lipinski definition) is 2. The molecule has 1 aliphatic carbocycles. The summed E-state index contributed by atoms with van der Waals surface area (Å²) in [6.07, 6.45) is -2.49. The lowest BCUT2D eigenvalue weighted by molar-refractivity contribution is -0.384. The van der Waals surface area contributed by atoms with Crippen molar-refractivity contribution in [1.82, 2.24) is 5.32 Å². The Balaban J connectivity index is 1.33. The van der Waals surface area contributed by atoms with E-state index >= 15 is 0 Å². The maximum absolute atomic E-state index is 13.1. The van der Waals surface area contributed by atoms with Crippen molar-refractivity contribution in [2.45, 2.75) is 18.1 Å². The average molecular weight is 525 g/mol. The predicted octanol–water partition coefficient (Wildman–Crippen LogP) is 5.14. The maximum Gasteiger partial charge on any atom is 0.407 e. The van der Waals surface area contributed by atoms with E-state index in [0.29, 0.717) is 0 Å². The number of nitro groups is 1. The SMILES string of the molecule is O=C(N[C@H](C(=O)Oc1ccccc1)[C@@H](O)c1ccc([N+](=O)[O-])cc1)OCC1c2ccccc2-c2ccccc21. The van der Waals surface area contributed by atoms with Crippen molar-refractivity contribution in [2.75, 3.05) is 6.61 Å². The number of rotatable bonds is 8. The van der Waals surface area contributed by atoms with Crippen LogP contribution in [0.5, 0.6) is 5.75 Å². The van der Waals surface area contributed by atoms with Gasteiger partial charge < -0.3 is 19.9 Å². The number of carbonyl (C=O) groups is 2. The first kappa shape index (κ1) is 25.6. The summed E-state index contributed by atoms with van der Waals surface area (Å²) in [5.41, 5.74) is 4.18. The molecule has 1 aliphatic rings. The first-order valence-corrected chi connectivity index (χ1v) is 12.2. The molecule has 0 heterocycles. The van der Waals surface area contributed by atoms with Crippen molar-refractivity contribution in [3.05, 3.63) is 130 Å². The molecule has 5 rings (SSSR count). The Kier molecular flexibility index (Phi) is 7.33. The van der Waals surface area contributed by atoms with Crippen molar-refractivity contribution in [3.8, 4) is 16.9 Å². The minimum Gasteiger partial charge on any atom is -0.449 e. The lowest BCUT2D eigenvalue weighted by Crippen LogP contribution is -2.47. The number of carbonyl (C=O) groups excluding carboxylic acids is 2. The number of benzene rings is 4. The largest absolute Gasteiger partial charge is 0.449 e. The van der Waals surface area contributed by atoms with Gasteiger partial charge in [0.15, 0.2) is 6.04 Å². The van der Waals surface area contributed by atoms with E-state index in [9.17, 15) is 24.8 Å². The van der Waals surface area contributed by atoms with Gasteiger partial charge in [0.25, 0.3) is 5.69 Å². The highest BCUT2D eigenvalue weighted by atomic mass is 16.6. The molecule has 1 amide bonds. The van der Waals surface area contributed by atoms with E-state index in [0.717, 1.165) is 22.3 Å². The number of hydrogen-bond acceptors (Lipinski definition) is 7. The molecule has 196 valence electrons. The van der Waals surface area contributed by atoms with E-state index < -0.39 is 29.1 Å². The number of nitro benzene ring substituents is 1. The van der Waals surface area contributed by atoms with Gasteiger partial charge in [0.05, 0.1) is 4.92 Å². The van der Waals surface area contributed by atoms with Gasteiger partial charge in [0.2, 0.25) is 0 Å². The first-order valence-electron chi connectivity index (χ1n) is 12.2. The number of amides is 1. The van der Waals surface area contributed by atoms with E-state index in [1.807, 2.05) is 48.5 Å². The summed E-state index contributed by atoms with van der Waals surface area (Å²) in [7, 11) is 0. The van der Waals surface area contributed by atoms with Crippen LogP contribution in [0.4, 0.5) is 10.5 Å². The fourth-order valence-corrected chi connectivity index (χ4v) is 4.69. The minimum atomic E-state index is -1.57. The van der Waals surface area contributed by atoms with E-state index in [4.69, 9.17) is 9.47 Å². The van der Waals surface area contributed by atoms with Gasteiger partial charge in [0, 0.05) is 18.1 Å². The third-order valence-electron chi connectivity index (χ3n) is 6.59. The number of alkyl carbamates (subject to hydrolysis) is 1. The zero-order valence-electron chi connectivity index (χ0n) is 20.6. The molecule has 4 aromatic rings. The monoisotopic (exact) mass is 524 g/mol. The lowest BCUT2D eigenvalue weighted by atomic mass is 9.98. The molecule has 0 unspecified atom stereocenters. The van der Waals surface area contributed by atoms with Crippen molar-refractivity contribution >= 4 is 17.7 Å². The summed E-state index contributed by atoms with van der Waals surface area (Å²) in [5, 5.41) is 24.4. The van der Waals surface area contributed by atoms with Gasteiger partial charge in [-0.15, -0.1) is 0 Å². The van der Waals surface area contributed by atoms with E-state index in [1.165, 1.54) is 24.3 Å². The summed E-state index contributed by atoms with van der Waals surface area (Å²) in [6.45, 7) is 0.00788. The second-order valence-electron chi connectivity index (χ2n) is 8.98. The van der Waals surface area contributed by atoms with Crippen LogP contribution in [0.3, 0.4) is 0 Å². The number of ether oxygens (including phenoxy) is 2. The zero-order valence-corrected chi connectivity index (χ0v) is 20.6. The molecule has 39 heavy (non-hydrogen) atoms. The summed E-state index contributed by atoms with van der Waals surface area (Å²) in [4.78, 5) is 36.4. The van der Waals surface area contributed by atoms with Gasteiger partial charge in [-0.2, -0.15) is 0 Å². The van der Waals surface area contributed by atoms with Crippen LogP contribution in [0.15, 0.2) is 103 Å². The number of nitrogens with zero attached hydrogens (tertiary/aromatic N) is 1. The molecule has 9 heteroatoms. The maximum atomic E-state index is 13.1. The van der Waals surface area contributed by atoms with Crippen molar-refractivity contribution in [2.24, 2.45) is 0 Å². The second-order valence-corrected chi connectivity index (χ2v) is 8.98. The molecule has 2 atom stereocenters. The smallest absolute Gasteiger partial charge is 0.407 e. The van der Waals surface area contributed by atoms with Crippen LogP contribution in [-0.2, 0) is 9.53 Å². The van der Waals surface area contributed by atoms with Crippen LogP contribution in [0.25, 0.3) is 11.1 Å². The molecule has 0 aromatic heterocycles. The molecule has 0 saturated carbocycles. The topological polar surface area (TPSA) is 128 Å². The number of fused-ring (bicyclic) bond motifs is 3. The number of para-hydroxylation sites is 1. The molecule has 2 N–H and O–H groups in total. The molecule has 0 bridgehead atoms. The molecule has 4 aromatic carbocycles. The highest BCUT2D eigenvalue weighted by Crippen LogP contribution is 2.44. The number of aliphatic hydroxyl groups excluding tert-OH is 1. The summed E-state index contributed by atoms with van der Waals surface area (Å²) >= 11 is 0. The molecule has 0 radical (unpaired) electrons. The van der Waals surface area contributed by atoms with E-state index in [1.54, 1.807) is 30.3 Å². The third-order valence-corrected chi connectivity index (χ3v) is 6.59. The van der Waals surface area contributed by atoms with Gasteiger partial charge in [-0.25, -0.2) is 9.59 Å². The summed E-state index contributed by atoms with van der Waals surface area (Å²) in [5.74, 6) is -0.907. The number of aliphatic hydroxyl groups is 1. The molecule has 0 fully saturated rings. The summed E-state index contributed by atoms with van der Waals surface area (Å²) in [6, 6.07) is 27.4. The second kappa shape index (κ2) is 11.2. The Labute approximate surface area is 223 Å². The highest BCUT2D eigenvalue weighted by Gasteiger charge is 2.34. The number of non-ortho nitro benzene ring substituents is 1. The number of esters is 1. The van der Waals surface area contributed by atoms with Crippen LogP contribution in [0, 0.1) is 10.1 Å². The van der Waals surface area contributed by atoms with E-state index in [-0.39, 0.29) is 29.5 Å². The molecule has 0 aliphatic heterocycles. The van der Waals surface area contributed by atoms with Gasteiger partial charge in [-0.05, 0) is 52.1 Å². The quantitative estimate of drug-likeness (QED) is 0.141. The first-order chi connectivity index (χ1) is 18.9. The molecule has 9 nitrogen and oxygen atoms in total. The third kappa shape index (κ3) is 5.48. The minimum absolute atomic E-state index is 0.00788. The Bertz CT molecular complexity index is 1460. The van der Waals surface area contributed by atoms with Crippen molar-refractivity contribution in [1.29, 1.82) is 0 Å². The standard InChI is InChI=1S/C30H24N2O7/c33-28(19-14-16-20(17-15-19)32(36)37)27(29(34)39-21-8-2-1-3-9-21)31-30(35)38-18-26-24-12-6-4-10-22(24)23-11-5-7-13-25(23)26/h1-17,26-28,33H,18H2,(H,31,35)/t27-,28-/m0/s1. The average Bonchev–Trinajstić information content (AvgIpc) is 3.28. The highest BCUT2D eigenvalue weighted by molar-refractivity contribution is 5.84. The Hall–Kier alpha value is -5.02.